The molecule has 0 radical (unpaired) electrons. The topological polar surface area (TPSA) is 120 Å². The summed E-state index contributed by atoms with van der Waals surface area (Å²) in [4.78, 5) is 35.1. The van der Waals surface area contributed by atoms with Crippen LogP contribution in [0.25, 0.3) is 0 Å². The van der Waals surface area contributed by atoms with Crippen LogP contribution in [0.15, 0.2) is 85.1 Å². The first-order valence-corrected chi connectivity index (χ1v) is 25.0. The predicted octanol–water partition coefficient (Wildman–Crippen LogP) is 13.9. The molecule has 60 heavy (non-hydrogen) atoms. The molecule has 0 aliphatic rings. The SMILES string of the molecule is CCCCC/C=C\C/C=C\C/C=C\C/C=C\C/C=C\CCC(=O)OCC(COP(=O)(O)OCCNC)OC(=O)CCCCCCCCCCC/C=C\C/C=C\CCCCC. The highest BCUT2D eigenvalue weighted by Gasteiger charge is 2.26. The maximum Gasteiger partial charge on any atom is 0.472 e. The Kier molecular flexibility index (Phi) is 43.6. The van der Waals surface area contributed by atoms with Gasteiger partial charge in [0.05, 0.1) is 13.2 Å². The number of hydrogen-bond acceptors (Lipinski definition) is 8. The molecule has 344 valence electrons. The molecule has 10 heteroatoms. The van der Waals surface area contributed by atoms with E-state index in [0.29, 0.717) is 19.4 Å². The average Bonchev–Trinajstić information content (AvgIpc) is 3.23. The fourth-order valence-electron chi connectivity index (χ4n) is 5.92. The summed E-state index contributed by atoms with van der Waals surface area (Å²) in [5.41, 5.74) is 0. The van der Waals surface area contributed by atoms with Gasteiger partial charge in [-0.05, 0) is 90.5 Å². The number of allylic oxidation sites excluding steroid dienone is 14. The molecule has 9 nitrogen and oxygen atoms in total. The maximum atomic E-state index is 12.7. The van der Waals surface area contributed by atoms with Crippen molar-refractivity contribution < 1.29 is 37.6 Å². The van der Waals surface area contributed by atoms with Crippen LogP contribution < -0.4 is 5.32 Å². The van der Waals surface area contributed by atoms with Crippen molar-refractivity contribution in [2.75, 3.05) is 33.4 Å². The fraction of sp³-hybridized carbons (Fsp3) is 0.680. The molecule has 0 aromatic rings. The number of phosphoric ester groups is 1. The number of carbonyl (C=O) groups excluding carboxylic acids is 2. The molecule has 0 heterocycles. The molecule has 2 N–H and O–H groups in total. The summed E-state index contributed by atoms with van der Waals surface area (Å²) < 4.78 is 33.2. The van der Waals surface area contributed by atoms with Crippen LogP contribution >= 0.6 is 7.82 Å². The smallest absolute Gasteiger partial charge is 0.462 e. The zero-order valence-electron chi connectivity index (χ0n) is 38.1. The van der Waals surface area contributed by atoms with Crippen molar-refractivity contribution in [2.24, 2.45) is 0 Å². The summed E-state index contributed by atoms with van der Waals surface area (Å²) in [7, 11) is -2.68. The quantitative estimate of drug-likeness (QED) is 0.0267. The molecular formula is C50H86NO8P. The summed E-state index contributed by atoms with van der Waals surface area (Å²) in [5.74, 6) is -0.912. The summed E-state index contributed by atoms with van der Waals surface area (Å²) >= 11 is 0. The number of likely N-dealkylation sites (N-methyl/N-ethyl adjacent to an activating group) is 1. The van der Waals surface area contributed by atoms with E-state index in [0.717, 1.165) is 57.8 Å². The van der Waals surface area contributed by atoms with Gasteiger partial charge in [0, 0.05) is 19.4 Å². The van der Waals surface area contributed by atoms with Crippen molar-refractivity contribution in [3.05, 3.63) is 85.1 Å². The van der Waals surface area contributed by atoms with Crippen LogP contribution in [0.4, 0.5) is 0 Å². The molecule has 0 saturated carbocycles. The molecule has 0 fully saturated rings. The van der Waals surface area contributed by atoms with Crippen molar-refractivity contribution in [2.45, 2.75) is 187 Å². The van der Waals surface area contributed by atoms with Gasteiger partial charge in [0.1, 0.15) is 6.61 Å². The van der Waals surface area contributed by atoms with E-state index in [-0.39, 0.29) is 26.1 Å². The highest BCUT2D eigenvalue weighted by Crippen LogP contribution is 2.43. The van der Waals surface area contributed by atoms with Crippen LogP contribution in [-0.4, -0.2) is 56.3 Å². The zero-order valence-corrected chi connectivity index (χ0v) is 39.0. The fourth-order valence-corrected chi connectivity index (χ4v) is 6.67. The lowest BCUT2D eigenvalue weighted by Crippen LogP contribution is -2.29. The highest BCUT2D eigenvalue weighted by molar-refractivity contribution is 7.47. The van der Waals surface area contributed by atoms with Gasteiger partial charge in [0.25, 0.3) is 0 Å². The van der Waals surface area contributed by atoms with E-state index in [1.54, 1.807) is 7.05 Å². The van der Waals surface area contributed by atoms with Gasteiger partial charge in [0.2, 0.25) is 0 Å². The number of unbranched alkanes of at least 4 members (excludes halogenated alkanes) is 15. The van der Waals surface area contributed by atoms with E-state index in [9.17, 15) is 19.0 Å². The molecule has 0 aliphatic heterocycles. The molecule has 0 bridgehead atoms. The molecule has 0 rings (SSSR count). The van der Waals surface area contributed by atoms with Gasteiger partial charge >= 0.3 is 19.8 Å². The molecular weight excluding hydrogens is 774 g/mol. The second kappa shape index (κ2) is 45.7. The predicted molar refractivity (Wildman–Crippen MR) is 252 cm³/mol. The second-order valence-corrected chi connectivity index (χ2v) is 16.7. The van der Waals surface area contributed by atoms with Gasteiger partial charge in [-0.25, -0.2) is 4.57 Å². The van der Waals surface area contributed by atoms with Gasteiger partial charge in [-0.1, -0.05) is 170 Å². The molecule has 2 unspecified atom stereocenters. The third-order valence-corrected chi connectivity index (χ3v) is 10.5. The molecule has 0 aliphatic carbocycles. The molecule has 0 amide bonds. The normalized spacial score (nSPS) is 14.0. The highest BCUT2D eigenvalue weighted by atomic mass is 31.2. The molecule has 0 spiro atoms. The van der Waals surface area contributed by atoms with E-state index in [1.807, 2.05) is 12.2 Å². The number of phosphoric acid groups is 1. The first-order valence-electron chi connectivity index (χ1n) is 23.5. The van der Waals surface area contributed by atoms with Gasteiger partial charge in [-0.3, -0.25) is 18.6 Å². The summed E-state index contributed by atoms with van der Waals surface area (Å²) in [6, 6.07) is 0. The third kappa shape index (κ3) is 44.7. The van der Waals surface area contributed by atoms with E-state index >= 15 is 0 Å². The molecule has 0 saturated heterocycles. The maximum absolute atomic E-state index is 12.7. The molecule has 0 aromatic carbocycles. The lowest BCUT2D eigenvalue weighted by Gasteiger charge is -2.20. The Morgan fingerprint density at radius 1 is 0.517 bits per heavy atom. The first-order chi connectivity index (χ1) is 29.3. The van der Waals surface area contributed by atoms with Crippen LogP contribution in [0.2, 0.25) is 0 Å². The number of carbonyl (C=O) groups is 2. The Morgan fingerprint density at radius 3 is 1.40 bits per heavy atom. The van der Waals surface area contributed by atoms with Gasteiger partial charge in [0.15, 0.2) is 6.10 Å². The van der Waals surface area contributed by atoms with E-state index in [1.165, 1.54) is 83.5 Å². The summed E-state index contributed by atoms with van der Waals surface area (Å²) in [6.45, 7) is 4.08. The summed E-state index contributed by atoms with van der Waals surface area (Å²) in [6.07, 6.45) is 56.4. The van der Waals surface area contributed by atoms with E-state index in [2.05, 4.69) is 92.1 Å². The Bertz CT molecular complexity index is 1250. The van der Waals surface area contributed by atoms with Crippen LogP contribution in [0.3, 0.4) is 0 Å². The monoisotopic (exact) mass is 860 g/mol. The Hall–Kier alpha value is -2.81. The van der Waals surface area contributed by atoms with Gasteiger partial charge in [-0.15, -0.1) is 0 Å². The van der Waals surface area contributed by atoms with Crippen molar-refractivity contribution >= 4 is 19.8 Å². The molecule has 0 aromatic heterocycles. The standard InChI is InChI=1S/C50H86NO8P/c1-4-6-8-10-12-14-16-18-20-22-24-26-28-30-32-34-36-38-40-42-49(52)56-46-48(47-58-60(54,55)57-45-44-51-3)59-50(53)43-41-39-37-35-33-31-29-27-25-23-21-19-17-15-13-11-9-7-5-2/h12-15,18-21,24,26,30,32,36,38,48,51H,4-11,16-17,22-23,25,27-29,31,33-35,37,39-47H2,1-3H3,(H,54,55)/b14-12-,15-13-,20-18-,21-19-,26-24-,32-30-,38-36-. The number of hydrogen-bond donors (Lipinski definition) is 2. The van der Waals surface area contributed by atoms with Crippen LogP contribution in [0.5, 0.6) is 0 Å². The van der Waals surface area contributed by atoms with Crippen LogP contribution in [0.1, 0.15) is 181 Å². The van der Waals surface area contributed by atoms with Crippen molar-refractivity contribution in [1.82, 2.24) is 5.32 Å². The number of nitrogens with one attached hydrogen (secondary N) is 1. The van der Waals surface area contributed by atoms with E-state index < -0.39 is 32.5 Å². The zero-order chi connectivity index (χ0) is 43.9. The van der Waals surface area contributed by atoms with Crippen molar-refractivity contribution in [1.29, 1.82) is 0 Å². The second-order valence-electron chi connectivity index (χ2n) is 15.2. The van der Waals surface area contributed by atoms with Gasteiger partial charge < -0.3 is 19.7 Å². The minimum absolute atomic E-state index is 0.0329. The molecule has 2 atom stereocenters. The largest absolute Gasteiger partial charge is 0.472 e. The first kappa shape index (κ1) is 57.2. The van der Waals surface area contributed by atoms with Crippen LogP contribution in [-0.2, 0) is 32.7 Å². The van der Waals surface area contributed by atoms with E-state index in [4.69, 9.17) is 18.5 Å². The average molecular weight is 860 g/mol. The van der Waals surface area contributed by atoms with Crippen molar-refractivity contribution in [3.8, 4) is 0 Å². The number of ether oxygens (including phenoxy) is 2. The lowest BCUT2D eigenvalue weighted by molar-refractivity contribution is -0.161. The summed E-state index contributed by atoms with van der Waals surface area (Å²) in [5, 5.41) is 2.82. The Labute approximate surface area is 366 Å². The lowest BCUT2D eigenvalue weighted by atomic mass is 10.1. The number of rotatable bonds is 43. The number of esters is 2. The third-order valence-electron chi connectivity index (χ3n) is 9.50. The Morgan fingerprint density at radius 2 is 0.933 bits per heavy atom. The Balaban J connectivity index is 4.31. The minimum Gasteiger partial charge on any atom is -0.462 e. The van der Waals surface area contributed by atoms with Crippen LogP contribution in [0, 0.1) is 0 Å². The minimum atomic E-state index is -4.37. The van der Waals surface area contributed by atoms with Gasteiger partial charge in [-0.2, -0.15) is 0 Å². The van der Waals surface area contributed by atoms with Crippen molar-refractivity contribution in [3.63, 3.8) is 0 Å².